The minimum absolute atomic E-state index is 0.0267. The second-order valence-corrected chi connectivity index (χ2v) is 11.2. The highest BCUT2D eigenvalue weighted by molar-refractivity contribution is 5.70. The van der Waals surface area contributed by atoms with Gasteiger partial charge in [0.15, 0.2) is 5.69 Å². The number of carbonyl (C=O) groups is 2. The summed E-state index contributed by atoms with van der Waals surface area (Å²) in [5, 5.41) is 0. The smallest absolute Gasteiger partial charge is 0.435 e. The second kappa shape index (κ2) is 11.1. The Morgan fingerprint density at radius 2 is 1.59 bits per heavy atom. The molecular weight excluding hydrogens is 541 g/mol. The molecule has 0 radical (unpaired) electrons. The summed E-state index contributed by atoms with van der Waals surface area (Å²) in [5.41, 5.74) is -1.20. The van der Waals surface area contributed by atoms with Crippen molar-refractivity contribution >= 4 is 12.2 Å². The van der Waals surface area contributed by atoms with Crippen LogP contribution in [-0.4, -0.2) is 60.6 Å². The van der Waals surface area contributed by atoms with Crippen molar-refractivity contribution in [3.05, 3.63) is 59.4 Å². The number of rotatable bonds is 5. The monoisotopic (exact) mass is 574 g/mol. The molecule has 2 aliphatic heterocycles. The first-order valence-corrected chi connectivity index (χ1v) is 13.6. The van der Waals surface area contributed by atoms with Crippen LogP contribution in [0.2, 0.25) is 0 Å². The molecule has 0 bridgehead atoms. The van der Waals surface area contributed by atoms with Crippen LogP contribution in [-0.2, 0) is 22.3 Å². The molecule has 1 aromatic carbocycles. The summed E-state index contributed by atoms with van der Waals surface area (Å²) in [6.45, 7) is 6.09. The van der Waals surface area contributed by atoms with E-state index in [2.05, 4.69) is 19.9 Å². The molecule has 13 heteroatoms. The molecule has 0 aliphatic carbocycles. The summed E-state index contributed by atoms with van der Waals surface area (Å²) in [7, 11) is 0. The average molecular weight is 575 g/mol. The van der Waals surface area contributed by atoms with Crippen molar-refractivity contribution in [3.63, 3.8) is 0 Å². The number of nitrogens with one attached hydrogen (secondary N) is 2. The van der Waals surface area contributed by atoms with E-state index in [0.717, 1.165) is 5.56 Å². The van der Waals surface area contributed by atoms with Gasteiger partial charge in [-0.05, 0) is 52.0 Å². The van der Waals surface area contributed by atoms with E-state index in [4.69, 9.17) is 9.47 Å². The van der Waals surface area contributed by atoms with Gasteiger partial charge in [-0.15, -0.1) is 0 Å². The van der Waals surface area contributed by atoms with Crippen molar-refractivity contribution in [2.45, 2.75) is 76.9 Å². The molecular formula is C28H33F3N6O4. The fourth-order valence-electron chi connectivity index (χ4n) is 5.24. The van der Waals surface area contributed by atoms with Gasteiger partial charge in [-0.1, -0.05) is 30.3 Å². The Kier molecular flexibility index (Phi) is 7.71. The maximum Gasteiger partial charge on any atom is 0.435 e. The maximum absolute atomic E-state index is 14.1. The van der Waals surface area contributed by atoms with Gasteiger partial charge in [0.2, 0.25) is 0 Å². The number of carbonyl (C=O) groups excluding carboxylic acids is 2. The minimum Gasteiger partial charge on any atom is -0.445 e. The molecule has 41 heavy (non-hydrogen) atoms. The van der Waals surface area contributed by atoms with Crippen LogP contribution >= 0.6 is 0 Å². The largest absolute Gasteiger partial charge is 0.445 e. The summed E-state index contributed by atoms with van der Waals surface area (Å²) in [6, 6.07) is 8.11. The van der Waals surface area contributed by atoms with Crippen molar-refractivity contribution < 1.29 is 32.2 Å². The number of aromatic nitrogens is 4. The van der Waals surface area contributed by atoms with Crippen LogP contribution < -0.4 is 0 Å². The highest BCUT2D eigenvalue weighted by Gasteiger charge is 2.42. The van der Waals surface area contributed by atoms with Gasteiger partial charge in [0.25, 0.3) is 0 Å². The van der Waals surface area contributed by atoms with E-state index in [9.17, 15) is 22.8 Å². The molecule has 2 fully saturated rings. The molecule has 10 nitrogen and oxygen atoms in total. The van der Waals surface area contributed by atoms with E-state index in [1.807, 2.05) is 30.3 Å². The standard InChI is InChI=1S/C28H33F3N6O4/c1-27(2,3)41-26(39)37-14-8-12-20(37)24-34-21(22(35-24)28(29,30)31)18-15-32-23(33-18)19-11-7-13-36(19)25(38)40-16-17-9-5-4-6-10-17/h4-6,9-10,15,19-20H,7-8,11-14,16H2,1-3H3,(H,32,33)(H,34,35)/t19-,20-/m0/s1. The summed E-state index contributed by atoms with van der Waals surface area (Å²) in [4.78, 5) is 42.6. The second-order valence-electron chi connectivity index (χ2n) is 11.2. The van der Waals surface area contributed by atoms with Crippen LogP contribution in [0, 0.1) is 0 Å². The zero-order valence-corrected chi connectivity index (χ0v) is 23.1. The molecule has 2 saturated heterocycles. The number of imidazole rings is 2. The molecule has 0 saturated carbocycles. The van der Waals surface area contributed by atoms with Crippen molar-refractivity contribution in [1.29, 1.82) is 0 Å². The number of alkyl halides is 3. The number of aromatic amines is 2. The zero-order valence-electron chi connectivity index (χ0n) is 23.1. The fourth-order valence-corrected chi connectivity index (χ4v) is 5.24. The number of H-pyrrole nitrogens is 2. The van der Waals surface area contributed by atoms with Gasteiger partial charge in [-0.25, -0.2) is 19.6 Å². The van der Waals surface area contributed by atoms with Gasteiger partial charge in [0.1, 0.15) is 23.9 Å². The number of benzene rings is 1. The predicted molar refractivity (Wildman–Crippen MR) is 141 cm³/mol. The van der Waals surface area contributed by atoms with E-state index >= 15 is 0 Å². The summed E-state index contributed by atoms with van der Waals surface area (Å²) in [6.07, 6.45) is -2.24. The lowest BCUT2D eigenvalue weighted by molar-refractivity contribution is -0.140. The molecule has 2 amide bonds. The van der Waals surface area contributed by atoms with Crippen LogP contribution in [0.15, 0.2) is 36.5 Å². The number of amides is 2. The van der Waals surface area contributed by atoms with E-state index in [1.54, 1.807) is 20.8 Å². The lowest BCUT2D eigenvalue weighted by Gasteiger charge is -2.27. The third-order valence-corrected chi connectivity index (χ3v) is 7.06. The molecule has 4 heterocycles. The molecule has 0 spiro atoms. The van der Waals surface area contributed by atoms with Crippen molar-refractivity contribution in [2.75, 3.05) is 13.1 Å². The molecule has 2 aromatic heterocycles. The molecule has 0 unspecified atom stereocenters. The van der Waals surface area contributed by atoms with Gasteiger partial charge in [-0.2, -0.15) is 13.2 Å². The van der Waals surface area contributed by atoms with Gasteiger partial charge in [-0.3, -0.25) is 9.80 Å². The van der Waals surface area contributed by atoms with Gasteiger partial charge >= 0.3 is 18.4 Å². The van der Waals surface area contributed by atoms with Crippen LogP contribution in [0.25, 0.3) is 11.4 Å². The van der Waals surface area contributed by atoms with Crippen LogP contribution in [0.3, 0.4) is 0 Å². The molecule has 220 valence electrons. The Labute approximate surface area is 235 Å². The Morgan fingerprint density at radius 1 is 0.951 bits per heavy atom. The number of ether oxygens (including phenoxy) is 2. The molecule has 5 rings (SSSR count). The minimum atomic E-state index is -4.76. The normalized spacial score (nSPS) is 19.6. The number of likely N-dealkylation sites (tertiary alicyclic amines) is 2. The third kappa shape index (κ3) is 6.33. The van der Waals surface area contributed by atoms with E-state index in [1.165, 1.54) is 16.0 Å². The highest BCUT2D eigenvalue weighted by atomic mass is 19.4. The number of nitrogens with zero attached hydrogens (tertiary/aromatic N) is 4. The molecule has 2 atom stereocenters. The third-order valence-electron chi connectivity index (χ3n) is 7.06. The maximum atomic E-state index is 14.1. The first kappa shape index (κ1) is 28.5. The Balaban J connectivity index is 1.37. The summed E-state index contributed by atoms with van der Waals surface area (Å²) in [5.74, 6) is 0.383. The Hall–Kier alpha value is -4.03. The quantitative estimate of drug-likeness (QED) is 0.366. The Bertz CT molecular complexity index is 1380. The van der Waals surface area contributed by atoms with Crippen molar-refractivity contribution in [3.8, 4) is 11.4 Å². The summed E-state index contributed by atoms with van der Waals surface area (Å²) < 4.78 is 53.3. The average Bonchev–Trinajstić information content (AvgIpc) is 3.71. The van der Waals surface area contributed by atoms with Crippen molar-refractivity contribution in [2.24, 2.45) is 0 Å². The molecule has 2 aliphatic rings. The first-order valence-electron chi connectivity index (χ1n) is 13.6. The number of halogens is 3. The van der Waals surface area contributed by atoms with E-state index < -0.39 is 41.7 Å². The molecule has 3 aromatic rings. The van der Waals surface area contributed by atoms with Crippen LogP contribution in [0.1, 0.15) is 81.4 Å². The fraction of sp³-hybridized carbons (Fsp3) is 0.500. The van der Waals surface area contributed by atoms with E-state index in [-0.39, 0.29) is 23.8 Å². The van der Waals surface area contributed by atoms with E-state index in [0.29, 0.717) is 44.6 Å². The predicted octanol–water partition coefficient (Wildman–Crippen LogP) is 6.36. The Morgan fingerprint density at radius 3 is 2.22 bits per heavy atom. The SMILES string of the molecule is CC(C)(C)OC(=O)N1CCC[C@H]1c1nc(C(F)(F)F)c(-c2cnc([C@@H]3CCCN3C(=O)OCc3ccccc3)[nH]2)[nH]1. The van der Waals surface area contributed by atoms with Gasteiger partial charge < -0.3 is 19.4 Å². The first-order chi connectivity index (χ1) is 19.4. The number of hydrogen-bond acceptors (Lipinski definition) is 6. The van der Waals surface area contributed by atoms with Gasteiger partial charge in [0, 0.05) is 13.1 Å². The topological polar surface area (TPSA) is 116 Å². The lowest BCUT2D eigenvalue weighted by atomic mass is 10.2. The summed E-state index contributed by atoms with van der Waals surface area (Å²) >= 11 is 0. The lowest BCUT2D eigenvalue weighted by Crippen LogP contribution is -2.36. The zero-order chi connectivity index (χ0) is 29.4. The highest BCUT2D eigenvalue weighted by Crippen LogP contribution is 2.40. The number of hydrogen-bond donors (Lipinski definition) is 2. The van der Waals surface area contributed by atoms with Crippen LogP contribution in [0.4, 0.5) is 22.8 Å². The van der Waals surface area contributed by atoms with Crippen LogP contribution in [0.5, 0.6) is 0 Å². The van der Waals surface area contributed by atoms with Crippen molar-refractivity contribution in [1.82, 2.24) is 29.7 Å². The van der Waals surface area contributed by atoms with Gasteiger partial charge in [0.05, 0.1) is 29.7 Å². The molecule has 2 N–H and O–H groups in total.